The van der Waals surface area contributed by atoms with Crippen LogP contribution >= 0.6 is 0 Å². The molecule has 1 heterocycles. The van der Waals surface area contributed by atoms with Gasteiger partial charge in [0.1, 0.15) is 5.84 Å². The predicted molar refractivity (Wildman–Crippen MR) is 91.4 cm³/mol. The van der Waals surface area contributed by atoms with Crippen molar-refractivity contribution in [1.29, 1.82) is 0 Å². The number of amides is 2. The van der Waals surface area contributed by atoms with Crippen molar-refractivity contribution in [3.63, 3.8) is 0 Å². The molecule has 1 aromatic rings. The smallest absolute Gasteiger partial charge is 0.353 e. The number of carbonyl (C=O) groups is 1. The maximum Gasteiger partial charge on any atom is 0.416 e. The Morgan fingerprint density at radius 1 is 1.08 bits per heavy atom. The topological polar surface area (TPSA) is 47.9 Å². The molecule has 0 aliphatic carbocycles. The Labute approximate surface area is 144 Å². The molecule has 0 saturated carbocycles. The van der Waals surface area contributed by atoms with Gasteiger partial charge in [0.05, 0.1) is 5.56 Å². The molecule has 1 N–H and O–H groups in total. The van der Waals surface area contributed by atoms with Gasteiger partial charge in [-0.1, -0.05) is 13.2 Å². The Morgan fingerprint density at radius 2 is 1.64 bits per heavy atom. The number of rotatable bonds is 3. The zero-order valence-corrected chi connectivity index (χ0v) is 13.6. The van der Waals surface area contributed by atoms with Crippen LogP contribution in [-0.2, 0) is 6.18 Å². The Kier molecular flexibility index (Phi) is 5.84. The van der Waals surface area contributed by atoms with E-state index in [9.17, 15) is 18.0 Å². The number of piperazine rings is 1. The molecule has 0 spiro atoms. The first-order valence-electron chi connectivity index (χ1n) is 7.64. The fourth-order valence-corrected chi connectivity index (χ4v) is 2.44. The summed E-state index contributed by atoms with van der Waals surface area (Å²) in [5, 5.41) is 2.61. The van der Waals surface area contributed by atoms with Gasteiger partial charge in [0.2, 0.25) is 0 Å². The molecule has 5 nitrogen and oxygen atoms in total. The molecule has 2 amide bonds. The second-order valence-electron chi connectivity index (χ2n) is 5.35. The first-order valence-corrected chi connectivity index (χ1v) is 7.64. The van der Waals surface area contributed by atoms with Crippen molar-refractivity contribution in [1.82, 2.24) is 9.80 Å². The number of amidine groups is 1. The van der Waals surface area contributed by atoms with E-state index in [2.05, 4.69) is 23.5 Å². The number of nitrogens with one attached hydrogen (secondary N) is 1. The van der Waals surface area contributed by atoms with Gasteiger partial charge in [-0.25, -0.2) is 9.79 Å². The molecule has 1 saturated heterocycles. The zero-order valence-electron chi connectivity index (χ0n) is 13.6. The molecule has 0 atom stereocenters. The molecule has 1 aliphatic heterocycles. The minimum Gasteiger partial charge on any atom is -0.353 e. The summed E-state index contributed by atoms with van der Waals surface area (Å²) in [6.45, 7) is 9.35. The third kappa shape index (κ3) is 4.85. The summed E-state index contributed by atoms with van der Waals surface area (Å²) >= 11 is 0. The number of nitrogens with zero attached hydrogens (tertiary/aromatic N) is 3. The summed E-state index contributed by atoms with van der Waals surface area (Å²) in [5.41, 5.74) is -0.432. The summed E-state index contributed by atoms with van der Waals surface area (Å²) in [7, 11) is 0. The van der Waals surface area contributed by atoms with Crippen LogP contribution in [0.2, 0.25) is 0 Å². The maximum absolute atomic E-state index is 12.5. The second kappa shape index (κ2) is 7.87. The molecule has 1 fully saturated rings. The summed E-state index contributed by atoms with van der Waals surface area (Å²) in [5.74, 6) is 0.692. The highest BCUT2D eigenvalue weighted by molar-refractivity contribution is 5.93. The number of aliphatic imine (C=N–C) groups is 1. The van der Waals surface area contributed by atoms with Crippen LogP contribution in [0, 0.1) is 0 Å². The molecular formula is C17H19F3N4O. The Balaban J connectivity index is 1.91. The van der Waals surface area contributed by atoms with E-state index >= 15 is 0 Å². The largest absolute Gasteiger partial charge is 0.416 e. The molecule has 0 unspecified atom stereocenters. The standard InChI is InChI=1S/C17H19F3N4O/c1-3-15(21-4-2)23-9-11-24(12-10-23)16(25)22-14-7-5-13(6-8-14)17(18,19)20/h3-8H,1-2,9-12H2,(H,22,25)/b21-15+. The van der Waals surface area contributed by atoms with Crippen molar-refractivity contribution >= 4 is 17.6 Å². The fraction of sp³-hybridized carbons (Fsp3) is 0.294. The molecular weight excluding hydrogens is 333 g/mol. The maximum atomic E-state index is 12.5. The molecule has 2 rings (SSSR count). The van der Waals surface area contributed by atoms with Crippen LogP contribution in [0.15, 0.2) is 54.7 Å². The highest BCUT2D eigenvalue weighted by atomic mass is 19.4. The summed E-state index contributed by atoms with van der Waals surface area (Å²) in [6, 6.07) is 4.01. The van der Waals surface area contributed by atoms with Crippen molar-refractivity contribution in [2.45, 2.75) is 6.18 Å². The van der Waals surface area contributed by atoms with Gasteiger partial charge in [0, 0.05) is 38.1 Å². The number of anilines is 1. The highest BCUT2D eigenvalue weighted by Crippen LogP contribution is 2.29. The Bertz CT molecular complexity index is 659. The van der Waals surface area contributed by atoms with E-state index < -0.39 is 11.7 Å². The van der Waals surface area contributed by atoms with Crippen LogP contribution in [0.1, 0.15) is 5.56 Å². The highest BCUT2D eigenvalue weighted by Gasteiger charge is 2.30. The van der Waals surface area contributed by atoms with E-state index in [-0.39, 0.29) is 6.03 Å². The number of carbonyl (C=O) groups excluding carboxylic acids is 1. The summed E-state index contributed by atoms with van der Waals surface area (Å²) in [6.07, 6.45) is -1.34. The van der Waals surface area contributed by atoms with Crippen LogP contribution in [0.25, 0.3) is 0 Å². The minimum atomic E-state index is -4.39. The van der Waals surface area contributed by atoms with Crippen molar-refractivity contribution in [2.24, 2.45) is 4.99 Å². The van der Waals surface area contributed by atoms with Gasteiger partial charge in [0.15, 0.2) is 0 Å². The lowest BCUT2D eigenvalue weighted by Gasteiger charge is -2.35. The predicted octanol–water partition coefficient (Wildman–Crippen LogP) is 3.58. The van der Waals surface area contributed by atoms with Gasteiger partial charge in [-0.15, -0.1) is 0 Å². The average molecular weight is 352 g/mol. The fourth-order valence-electron chi connectivity index (χ4n) is 2.44. The molecule has 0 radical (unpaired) electrons. The SMILES string of the molecule is C=C/N=C(\C=C)N1CCN(C(=O)Nc2ccc(C(F)(F)F)cc2)CC1. The molecule has 0 aromatic heterocycles. The van der Waals surface area contributed by atoms with Gasteiger partial charge in [-0.3, -0.25) is 0 Å². The number of hydrogen-bond donors (Lipinski definition) is 1. The second-order valence-corrected chi connectivity index (χ2v) is 5.35. The molecule has 134 valence electrons. The summed E-state index contributed by atoms with van der Waals surface area (Å²) < 4.78 is 37.6. The van der Waals surface area contributed by atoms with Gasteiger partial charge in [-0.2, -0.15) is 13.2 Å². The quantitative estimate of drug-likeness (QED) is 0.668. The number of urea groups is 1. The number of alkyl halides is 3. The number of benzene rings is 1. The van der Waals surface area contributed by atoms with Crippen molar-refractivity contribution in [2.75, 3.05) is 31.5 Å². The van der Waals surface area contributed by atoms with E-state index in [0.29, 0.717) is 37.7 Å². The van der Waals surface area contributed by atoms with Crippen LogP contribution < -0.4 is 5.32 Å². The van der Waals surface area contributed by atoms with Gasteiger partial charge >= 0.3 is 12.2 Å². The van der Waals surface area contributed by atoms with E-state index in [1.54, 1.807) is 11.0 Å². The van der Waals surface area contributed by atoms with Crippen LogP contribution in [0.5, 0.6) is 0 Å². The van der Waals surface area contributed by atoms with Crippen molar-refractivity contribution in [3.8, 4) is 0 Å². The molecule has 8 heteroatoms. The van der Waals surface area contributed by atoms with Crippen molar-refractivity contribution < 1.29 is 18.0 Å². The van der Waals surface area contributed by atoms with Crippen LogP contribution in [0.4, 0.5) is 23.7 Å². The Hall–Kier alpha value is -2.77. The molecule has 25 heavy (non-hydrogen) atoms. The van der Waals surface area contributed by atoms with Crippen LogP contribution in [0.3, 0.4) is 0 Å². The zero-order chi connectivity index (χ0) is 18.4. The molecule has 1 aliphatic rings. The van der Waals surface area contributed by atoms with Crippen LogP contribution in [-0.4, -0.2) is 47.8 Å². The third-order valence-corrected chi connectivity index (χ3v) is 3.76. The monoisotopic (exact) mass is 352 g/mol. The van der Waals surface area contributed by atoms with Crippen molar-refractivity contribution in [3.05, 3.63) is 55.3 Å². The Morgan fingerprint density at radius 3 is 2.12 bits per heavy atom. The normalized spacial score (nSPS) is 15.7. The van der Waals surface area contributed by atoms with E-state index in [1.165, 1.54) is 18.3 Å². The lowest BCUT2D eigenvalue weighted by molar-refractivity contribution is -0.137. The van der Waals surface area contributed by atoms with E-state index in [1.807, 2.05) is 4.90 Å². The van der Waals surface area contributed by atoms with Gasteiger partial charge in [0.25, 0.3) is 0 Å². The average Bonchev–Trinajstić information content (AvgIpc) is 2.59. The van der Waals surface area contributed by atoms with E-state index in [0.717, 1.165) is 12.1 Å². The number of halogens is 3. The lowest BCUT2D eigenvalue weighted by Crippen LogP contribution is -2.51. The first kappa shape index (κ1) is 18.6. The summed E-state index contributed by atoms with van der Waals surface area (Å²) in [4.78, 5) is 19.9. The van der Waals surface area contributed by atoms with Gasteiger partial charge < -0.3 is 15.1 Å². The third-order valence-electron chi connectivity index (χ3n) is 3.76. The molecule has 0 bridgehead atoms. The number of hydrogen-bond acceptors (Lipinski definition) is 2. The molecule has 1 aromatic carbocycles. The first-order chi connectivity index (χ1) is 11.8. The van der Waals surface area contributed by atoms with Gasteiger partial charge in [-0.05, 0) is 30.3 Å². The minimum absolute atomic E-state index is 0.320. The lowest BCUT2D eigenvalue weighted by atomic mass is 10.2. The van der Waals surface area contributed by atoms with E-state index in [4.69, 9.17) is 0 Å².